The standard InChI is InChI=1S/C17H21N7O/c18-20-15(25)9-8-14-21-22-17-16(23-10-4-1-5-11-23)19-12-6-2-3-7-13(12)24(14)17/h2-3,6-7H,1,4-5,8-11,18H2,(H,20,25). The molecule has 0 spiro atoms. The van der Waals surface area contributed by atoms with E-state index < -0.39 is 0 Å². The Labute approximate surface area is 145 Å². The van der Waals surface area contributed by atoms with Crippen LogP contribution >= 0.6 is 0 Å². The van der Waals surface area contributed by atoms with Gasteiger partial charge in [-0.05, 0) is 31.4 Å². The second-order valence-electron chi connectivity index (χ2n) is 6.31. The fraction of sp³-hybridized carbons (Fsp3) is 0.412. The van der Waals surface area contributed by atoms with E-state index in [1.54, 1.807) is 0 Å². The zero-order valence-corrected chi connectivity index (χ0v) is 14.0. The van der Waals surface area contributed by atoms with Gasteiger partial charge in [-0.25, -0.2) is 10.8 Å². The molecule has 1 amide bonds. The number of rotatable bonds is 4. The van der Waals surface area contributed by atoms with Crippen molar-refractivity contribution in [2.75, 3.05) is 18.0 Å². The third kappa shape index (κ3) is 2.89. The van der Waals surface area contributed by atoms with Crippen molar-refractivity contribution in [2.24, 2.45) is 5.84 Å². The molecule has 0 saturated carbocycles. The normalized spacial score (nSPS) is 15.0. The summed E-state index contributed by atoms with van der Waals surface area (Å²) in [6, 6.07) is 7.96. The van der Waals surface area contributed by atoms with Gasteiger partial charge in [-0.3, -0.25) is 14.6 Å². The number of carbonyl (C=O) groups is 1. The Kier molecular flexibility index (Phi) is 4.19. The van der Waals surface area contributed by atoms with Gasteiger partial charge in [0.2, 0.25) is 11.6 Å². The van der Waals surface area contributed by atoms with Gasteiger partial charge in [0, 0.05) is 25.9 Å². The van der Waals surface area contributed by atoms with E-state index in [1.807, 2.05) is 28.7 Å². The third-order valence-electron chi connectivity index (χ3n) is 4.67. The third-order valence-corrected chi connectivity index (χ3v) is 4.67. The Bertz CT molecular complexity index is 914. The molecule has 3 N–H and O–H groups in total. The van der Waals surface area contributed by atoms with Gasteiger partial charge in [0.1, 0.15) is 5.82 Å². The van der Waals surface area contributed by atoms with Gasteiger partial charge >= 0.3 is 0 Å². The van der Waals surface area contributed by atoms with Crippen LogP contribution in [0.1, 0.15) is 31.5 Å². The quantitative estimate of drug-likeness (QED) is 0.421. The van der Waals surface area contributed by atoms with Crippen LogP contribution in [0.4, 0.5) is 5.82 Å². The highest BCUT2D eigenvalue weighted by Gasteiger charge is 2.21. The summed E-state index contributed by atoms with van der Waals surface area (Å²) in [5, 5.41) is 8.73. The van der Waals surface area contributed by atoms with Crippen LogP contribution < -0.4 is 16.2 Å². The average Bonchev–Trinajstić information content (AvgIpc) is 3.10. The molecule has 130 valence electrons. The van der Waals surface area contributed by atoms with Crippen LogP contribution in [-0.2, 0) is 11.2 Å². The number of fused-ring (bicyclic) bond motifs is 3. The zero-order valence-electron chi connectivity index (χ0n) is 14.0. The predicted octanol–water partition coefficient (Wildman–Crippen LogP) is 1.19. The first kappa shape index (κ1) is 15.8. The summed E-state index contributed by atoms with van der Waals surface area (Å²) in [6.45, 7) is 1.97. The fourth-order valence-corrected chi connectivity index (χ4v) is 3.40. The van der Waals surface area contributed by atoms with Crippen molar-refractivity contribution in [3.63, 3.8) is 0 Å². The van der Waals surface area contributed by atoms with Gasteiger partial charge < -0.3 is 4.90 Å². The molecule has 0 radical (unpaired) electrons. The van der Waals surface area contributed by atoms with Crippen LogP contribution in [0.25, 0.3) is 16.7 Å². The Morgan fingerprint density at radius 1 is 1.16 bits per heavy atom. The highest BCUT2D eigenvalue weighted by atomic mass is 16.2. The first-order chi connectivity index (χ1) is 12.3. The summed E-state index contributed by atoms with van der Waals surface area (Å²) in [4.78, 5) is 18.6. The van der Waals surface area contributed by atoms with E-state index in [0.717, 1.165) is 41.4 Å². The monoisotopic (exact) mass is 339 g/mol. The Morgan fingerprint density at radius 3 is 2.76 bits per heavy atom. The van der Waals surface area contributed by atoms with E-state index in [1.165, 1.54) is 19.3 Å². The van der Waals surface area contributed by atoms with E-state index in [9.17, 15) is 4.79 Å². The highest BCUT2D eigenvalue weighted by molar-refractivity contribution is 5.83. The fourth-order valence-electron chi connectivity index (χ4n) is 3.40. The number of hydrazine groups is 1. The molecule has 0 atom stereocenters. The van der Waals surface area contributed by atoms with Crippen LogP contribution in [0.2, 0.25) is 0 Å². The Morgan fingerprint density at radius 2 is 1.96 bits per heavy atom. The number of nitrogens with two attached hydrogens (primary N) is 1. The molecule has 1 aliphatic rings. The second-order valence-corrected chi connectivity index (χ2v) is 6.31. The minimum Gasteiger partial charge on any atom is -0.353 e. The molecular formula is C17H21N7O. The summed E-state index contributed by atoms with van der Waals surface area (Å²) >= 11 is 0. The molecule has 1 aliphatic heterocycles. The molecular weight excluding hydrogens is 318 g/mol. The number of benzene rings is 1. The van der Waals surface area contributed by atoms with Gasteiger partial charge in [0.15, 0.2) is 5.82 Å². The van der Waals surface area contributed by atoms with Gasteiger partial charge in [-0.1, -0.05) is 12.1 Å². The van der Waals surface area contributed by atoms with Crippen molar-refractivity contribution in [1.82, 2.24) is 25.0 Å². The first-order valence-corrected chi connectivity index (χ1v) is 8.65. The van der Waals surface area contributed by atoms with Gasteiger partial charge in [0.25, 0.3) is 0 Å². The summed E-state index contributed by atoms with van der Waals surface area (Å²) < 4.78 is 2.02. The molecule has 0 bridgehead atoms. The zero-order chi connectivity index (χ0) is 17.2. The maximum absolute atomic E-state index is 11.5. The molecule has 1 saturated heterocycles. The van der Waals surface area contributed by atoms with Crippen molar-refractivity contribution in [3.8, 4) is 0 Å². The molecule has 0 aliphatic carbocycles. The molecule has 1 fully saturated rings. The van der Waals surface area contributed by atoms with E-state index in [0.29, 0.717) is 6.42 Å². The van der Waals surface area contributed by atoms with Crippen molar-refractivity contribution >= 4 is 28.4 Å². The van der Waals surface area contributed by atoms with Crippen LogP contribution in [0, 0.1) is 0 Å². The summed E-state index contributed by atoms with van der Waals surface area (Å²) in [7, 11) is 0. The van der Waals surface area contributed by atoms with Gasteiger partial charge in [0.05, 0.1) is 11.0 Å². The second kappa shape index (κ2) is 6.64. The molecule has 2 aromatic heterocycles. The van der Waals surface area contributed by atoms with E-state index in [4.69, 9.17) is 10.8 Å². The number of amides is 1. The van der Waals surface area contributed by atoms with Crippen molar-refractivity contribution in [3.05, 3.63) is 30.1 Å². The van der Waals surface area contributed by atoms with E-state index in [2.05, 4.69) is 20.5 Å². The molecule has 4 rings (SSSR count). The van der Waals surface area contributed by atoms with E-state index in [-0.39, 0.29) is 12.3 Å². The number of carbonyl (C=O) groups excluding carboxylic acids is 1. The topological polar surface area (TPSA) is 101 Å². The van der Waals surface area contributed by atoms with Crippen LogP contribution in [0.15, 0.2) is 24.3 Å². The first-order valence-electron chi connectivity index (χ1n) is 8.65. The number of nitrogens with one attached hydrogen (secondary N) is 1. The highest BCUT2D eigenvalue weighted by Crippen LogP contribution is 2.27. The number of nitrogens with zero attached hydrogens (tertiary/aromatic N) is 5. The predicted molar refractivity (Wildman–Crippen MR) is 95.0 cm³/mol. The number of piperidine rings is 1. The van der Waals surface area contributed by atoms with Gasteiger partial charge in [-0.15, -0.1) is 10.2 Å². The lowest BCUT2D eigenvalue weighted by atomic mass is 10.1. The lowest BCUT2D eigenvalue weighted by Crippen LogP contribution is -2.31. The van der Waals surface area contributed by atoms with Crippen LogP contribution in [-0.4, -0.2) is 38.6 Å². The van der Waals surface area contributed by atoms with Crippen molar-refractivity contribution in [1.29, 1.82) is 0 Å². The lowest BCUT2D eigenvalue weighted by molar-refractivity contribution is -0.121. The molecule has 8 heteroatoms. The number of hydrogen-bond donors (Lipinski definition) is 2. The molecule has 3 aromatic rings. The lowest BCUT2D eigenvalue weighted by Gasteiger charge is -2.28. The maximum atomic E-state index is 11.5. The summed E-state index contributed by atoms with van der Waals surface area (Å²) in [5.41, 5.74) is 4.77. The van der Waals surface area contributed by atoms with Crippen molar-refractivity contribution < 1.29 is 4.79 Å². The number of anilines is 1. The minimum absolute atomic E-state index is 0.216. The van der Waals surface area contributed by atoms with Crippen LogP contribution in [0.3, 0.4) is 0 Å². The average molecular weight is 339 g/mol. The summed E-state index contributed by atoms with van der Waals surface area (Å²) in [5.74, 6) is 6.58. The van der Waals surface area contributed by atoms with Gasteiger partial charge in [-0.2, -0.15) is 0 Å². The Balaban J connectivity index is 1.85. The largest absolute Gasteiger partial charge is 0.353 e. The number of aromatic nitrogens is 4. The Hall–Kier alpha value is -2.74. The molecule has 8 nitrogen and oxygen atoms in total. The summed E-state index contributed by atoms with van der Waals surface area (Å²) in [6.07, 6.45) is 4.33. The van der Waals surface area contributed by atoms with E-state index >= 15 is 0 Å². The van der Waals surface area contributed by atoms with Crippen LogP contribution in [0.5, 0.6) is 0 Å². The molecule has 25 heavy (non-hydrogen) atoms. The number of aryl methyl sites for hydroxylation is 1. The minimum atomic E-state index is -0.216. The molecule has 1 aromatic carbocycles. The molecule has 0 unspecified atom stereocenters. The maximum Gasteiger partial charge on any atom is 0.234 e. The molecule has 3 heterocycles. The number of hydrogen-bond acceptors (Lipinski definition) is 6. The van der Waals surface area contributed by atoms with Crippen molar-refractivity contribution in [2.45, 2.75) is 32.1 Å². The smallest absolute Gasteiger partial charge is 0.234 e. The number of para-hydroxylation sites is 2. The SMILES string of the molecule is NNC(=O)CCc1nnc2c(N3CCCCC3)nc3ccccc3n12.